The number of likely N-dealkylation sites (tertiary alicyclic amines) is 1. The van der Waals surface area contributed by atoms with E-state index in [4.69, 9.17) is 4.74 Å². The Balaban J connectivity index is 1.37. The van der Waals surface area contributed by atoms with Gasteiger partial charge in [0.05, 0.1) is 0 Å². The number of hydrogen-bond donors (Lipinski definition) is 1. The maximum absolute atomic E-state index is 12.9. The number of carbonyl (C=O) groups excluding carboxylic acids is 2. The molecule has 1 unspecified atom stereocenters. The molecule has 0 bridgehead atoms. The average Bonchev–Trinajstić information content (AvgIpc) is 3.31. The summed E-state index contributed by atoms with van der Waals surface area (Å²) in [6, 6.07) is 2.74. The van der Waals surface area contributed by atoms with Crippen LogP contribution in [0.2, 0.25) is 0 Å². The van der Waals surface area contributed by atoms with Crippen LogP contribution in [0.4, 0.5) is 4.79 Å². The van der Waals surface area contributed by atoms with Crippen LogP contribution in [0.15, 0.2) is 6.07 Å². The summed E-state index contributed by atoms with van der Waals surface area (Å²) >= 11 is 0. The van der Waals surface area contributed by atoms with Crippen molar-refractivity contribution in [2.24, 2.45) is 0 Å². The van der Waals surface area contributed by atoms with E-state index in [0.717, 1.165) is 57.8 Å². The number of rotatable bonds is 7. The zero-order valence-corrected chi connectivity index (χ0v) is 19.0. The van der Waals surface area contributed by atoms with E-state index in [-0.39, 0.29) is 11.9 Å². The second-order valence-electron chi connectivity index (χ2n) is 9.36. The van der Waals surface area contributed by atoms with Crippen LogP contribution in [0.5, 0.6) is 0 Å². The third-order valence-electron chi connectivity index (χ3n) is 6.82. The van der Waals surface area contributed by atoms with Crippen LogP contribution < -0.4 is 0 Å². The van der Waals surface area contributed by atoms with Gasteiger partial charge in [-0.05, 0) is 38.2 Å². The molecule has 9 nitrogen and oxygen atoms in total. The third kappa shape index (κ3) is 5.20. The molecule has 2 aliphatic heterocycles. The Labute approximate surface area is 184 Å². The van der Waals surface area contributed by atoms with Crippen molar-refractivity contribution in [1.29, 1.82) is 0 Å². The van der Waals surface area contributed by atoms with Crippen LogP contribution in [0.1, 0.15) is 54.2 Å². The molecule has 4 rings (SSSR count). The van der Waals surface area contributed by atoms with Crippen molar-refractivity contribution < 1.29 is 14.3 Å². The molecular weight excluding hydrogens is 396 g/mol. The Morgan fingerprint density at radius 1 is 1.10 bits per heavy atom. The maximum Gasteiger partial charge on any atom is 0.319 e. The number of nitrogens with one attached hydrogen (secondary N) is 1. The number of nitrogens with zero attached hydrogens (tertiary/aromatic N) is 5. The van der Waals surface area contributed by atoms with Crippen molar-refractivity contribution in [3.63, 3.8) is 0 Å². The van der Waals surface area contributed by atoms with Crippen molar-refractivity contribution >= 4 is 11.9 Å². The molecule has 0 aromatic carbocycles. The summed E-state index contributed by atoms with van der Waals surface area (Å²) in [4.78, 5) is 33.2. The van der Waals surface area contributed by atoms with Gasteiger partial charge in [0.2, 0.25) is 0 Å². The average molecular weight is 433 g/mol. The highest BCUT2D eigenvalue weighted by Crippen LogP contribution is 2.39. The molecule has 1 aromatic rings. The largest absolute Gasteiger partial charge is 0.381 e. The molecule has 0 radical (unpaired) electrons. The molecule has 3 heterocycles. The number of hydrogen-bond acceptors (Lipinski definition) is 5. The lowest BCUT2D eigenvalue weighted by atomic mass is 10.0. The van der Waals surface area contributed by atoms with Gasteiger partial charge in [0.25, 0.3) is 5.91 Å². The van der Waals surface area contributed by atoms with E-state index >= 15 is 0 Å². The first-order chi connectivity index (χ1) is 14.9. The monoisotopic (exact) mass is 432 g/mol. The Hall–Kier alpha value is -2.13. The standard InChI is InChI=1S/C22H36N6O3/c1-25(2)22(30)27-9-6-18(15-27)28(17-7-12-31-13-8-17)11-10-26(3)21(29)20-14-19(23-24-20)16-4-5-16/h14,16-18H,4-13,15H2,1-3H3,(H,23,24). The lowest BCUT2D eigenvalue weighted by Crippen LogP contribution is -2.50. The molecule has 1 N–H and O–H groups in total. The molecule has 3 fully saturated rings. The molecule has 1 aliphatic carbocycles. The second kappa shape index (κ2) is 9.56. The molecule has 31 heavy (non-hydrogen) atoms. The fraction of sp³-hybridized carbons (Fsp3) is 0.773. The van der Waals surface area contributed by atoms with Crippen molar-refractivity contribution in [3.05, 3.63) is 17.5 Å². The van der Waals surface area contributed by atoms with E-state index in [9.17, 15) is 9.59 Å². The fourth-order valence-corrected chi connectivity index (χ4v) is 4.76. The van der Waals surface area contributed by atoms with Gasteiger partial charge in [-0.3, -0.25) is 14.8 Å². The van der Waals surface area contributed by atoms with Crippen LogP contribution >= 0.6 is 0 Å². The Bertz CT molecular complexity index is 771. The van der Waals surface area contributed by atoms with Crippen LogP contribution in [-0.4, -0.2) is 114 Å². The molecule has 172 valence electrons. The van der Waals surface area contributed by atoms with Gasteiger partial charge in [0.15, 0.2) is 0 Å². The topological polar surface area (TPSA) is 85.0 Å². The number of carbonyl (C=O) groups is 2. The molecule has 3 amide bonds. The molecular formula is C22H36N6O3. The van der Waals surface area contributed by atoms with Crippen molar-refractivity contribution in [1.82, 2.24) is 29.8 Å². The summed E-state index contributed by atoms with van der Waals surface area (Å²) in [5.74, 6) is 0.518. The van der Waals surface area contributed by atoms with Crippen LogP contribution in [-0.2, 0) is 4.74 Å². The number of ether oxygens (including phenoxy) is 1. The summed E-state index contributed by atoms with van der Waals surface area (Å²) in [5, 5.41) is 7.27. The minimum atomic E-state index is -0.0362. The first-order valence-electron chi connectivity index (χ1n) is 11.5. The van der Waals surface area contributed by atoms with Crippen molar-refractivity contribution in [2.75, 3.05) is 60.5 Å². The highest BCUT2D eigenvalue weighted by Gasteiger charge is 2.35. The van der Waals surface area contributed by atoms with Crippen molar-refractivity contribution in [2.45, 2.75) is 50.1 Å². The zero-order valence-electron chi connectivity index (χ0n) is 19.0. The van der Waals surface area contributed by atoms with Crippen LogP contribution in [0.25, 0.3) is 0 Å². The van der Waals surface area contributed by atoms with Crippen molar-refractivity contribution in [3.8, 4) is 0 Å². The number of urea groups is 1. The molecule has 1 atom stereocenters. The van der Waals surface area contributed by atoms with E-state index in [1.54, 1.807) is 23.9 Å². The lowest BCUT2D eigenvalue weighted by Gasteiger charge is -2.39. The van der Waals surface area contributed by atoms with Gasteiger partial charge in [-0.1, -0.05) is 0 Å². The van der Waals surface area contributed by atoms with Gasteiger partial charge in [-0.25, -0.2) is 4.79 Å². The highest BCUT2D eigenvalue weighted by atomic mass is 16.5. The molecule has 1 aromatic heterocycles. The SMILES string of the molecule is CN(C)C(=O)N1CCC(N(CCN(C)C(=O)c2cc(C3CC3)[nH]n2)C2CCOCC2)C1. The van der Waals surface area contributed by atoms with Gasteiger partial charge in [0.1, 0.15) is 5.69 Å². The Kier molecular flexibility index (Phi) is 6.81. The number of amides is 3. The highest BCUT2D eigenvalue weighted by molar-refractivity contribution is 5.92. The smallest absolute Gasteiger partial charge is 0.319 e. The molecule has 9 heteroatoms. The number of likely N-dealkylation sites (N-methyl/N-ethyl adjacent to an activating group) is 1. The fourth-order valence-electron chi connectivity index (χ4n) is 4.76. The predicted octanol–water partition coefficient (Wildman–Crippen LogP) is 1.60. The summed E-state index contributed by atoms with van der Waals surface area (Å²) in [6.07, 6.45) is 5.33. The minimum Gasteiger partial charge on any atom is -0.381 e. The molecule has 3 aliphatic rings. The van der Waals surface area contributed by atoms with E-state index < -0.39 is 0 Å². The number of aromatic nitrogens is 2. The van der Waals surface area contributed by atoms with E-state index in [1.165, 1.54) is 12.8 Å². The van der Waals surface area contributed by atoms with Gasteiger partial charge in [-0.15, -0.1) is 0 Å². The summed E-state index contributed by atoms with van der Waals surface area (Å²) < 4.78 is 5.58. The molecule has 2 saturated heterocycles. The first-order valence-corrected chi connectivity index (χ1v) is 11.5. The van der Waals surface area contributed by atoms with Gasteiger partial charge >= 0.3 is 6.03 Å². The first kappa shape index (κ1) is 22.1. The molecule has 0 spiro atoms. The van der Waals surface area contributed by atoms with Crippen LogP contribution in [0, 0.1) is 0 Å². The van der Waals surface area contributed by atoms with E-state index in [2.05, 4.69) is 15.1 Å². The summed E-state index contributed by atoms with van der Waals surface area (Å²) in [5.41, 5.74) is 1.59. The zero-order chi connectivity index (χ0) is 22.0. The predicted molar refractivity (Wildman–Crippen MR) is 117 cm³/mol. The van der Waals surface area contributed by atoms with Gasteiger partial charge in [0, 0.05) is 84.2 Å². The number of aromatic amines is 1. The maximum atomic E-state index is 12.9. The summed E-state index contributed by atoms with van der Waals surface area (Å²) in [7, 11) is 5.46. The lowest BCUT2D eigenvalue weighted by molar-refractivity contribution is 0.0151. The van der Waals surface area contributed by atoms with E-state index in [1.807, 2.05) is 18.0 Å². The molecule has 1 saturated carbocycles. The quantitative estimate of drug-likeness (QED) is 0.707. The normalized spacial score (nSPS) is 22.2. The van der Waals surface area contributed by atoms with Gasteiger partial charge < -0.3 is 19.4 Å². The van der Waals surface area contributed by atoms with Gasteiger partial charge in [-0.2, -0.15) is 5.10 Å². The number of H-pyrrole nitrogens is 1. The third-order valence-corrected chi connectivity index (χ3v) is 6.82. The van der Waals surface area contributed by atoms with Crippen LogP contribution in [0.3, 0.4) is 0 Å². The Morgan fingerprint density at radius 2 is 1.84 bits per heavy atom. The minimum absolute atomic E-state index is 0.0362. The van der Waals surface area contributed by atoms with E-state index in [0.29, 0.717) is 30.2 Å². The second-order valence-corrected chi connectivity index (χ2v) is 9.36. The summed E-state index contributed by atoms with van der Waals surface area (Å²) in [6.45, 7) is 4.52. The Morgan fingerprint density at radius 3 is 2.52 bits per heavy atom.